The molecular weight excluding hydrogens is 357 g/mol. The van der Waals surface area contributed by atoms with Gasteiger partial charge in [-0.1, -0.05) is 36.4 Å². The minimum atomic E-state index is -0.548. The molecule has 2 aromatic rings. The highest BCUT2D eigenvalue weighted by atomic mass is 35.5. The first kappa shape index (κ1) is 21.3. The van der Waals surface area contributed by atoms with E-state index in [0.717, 1.165) is 30.0 Å². The van der Waals surface area contributed by atoms with E-state index in [-0.39, 0.29) is 30.7 Å². The largest absolute Gasteiger partial charge is 0.371 e. The lowest BCUT2D eigenvalue weighted by molar-refractivity contribution is -0.117. The first-order valence-electron chi connectivity index (χ1n) is 8.18. The van der Waals surface area contributed by atoms with E-state index in [4.69, 9.17) is 5.73 Å². The normalized spacial score (nSPS) is 14.2. The summed E-state index contributed by atoms with van der Waals surface area (Å²) in [5, 5.41) is 2.94. The van der Waals surface area contributed by atoms with E-state index in [1.54, 1.807) is 0 Å². The van der Waals surface area contributed by atoms with Crippen LogP contribution in [-0.2, 0) is 11.2 Å². The van der Waals surface area contributed by atoms with E-state index in [1.165, 1.54) is 12.8 Å². The van der Waals surface area contributed by atoms with Crippen molar-refractivity contribution in [1.29, 1.82) is 0 Å². The lowest BCUT2D eigenvalue weighted by Crippen LogP contribution is -2.37. The van der Waals surface area contributed by atoms with Crippen molar-refractivity contribution in [2.45, 2.75) is 25.3 Å². The second-order valence-corrected chi connectivity index (χ2v) is 6.03. The Morgan fingerprint density at radius 3 is 2.40 bits per heavy atom. The van der Waals surface area contributed by atoms with E-state index < -0.39 is 6.04 Å². The lowest BCUT2D eigenvalue weighted by Gasteiger charge is -2.19. The molecule has 3 rings (SSSR count). The molecule has 136 valence electrons. The van der Waals surface area contributed by atoms with Crippen LogP contribution < -0.4 is 16.0 Å². The highest BCUT2D eigenvalue weighted by Crippen LogP contribution is 2.23. The smallest absolute Gasteiger partial charge is 0.241 e. The molecular formula is C19H25Cl2N3O. The zero-order valence-electron chi connectivity index (χ0n) is 14.1. The van der Waals surface area contributed by atoms with Gasteiger partial charge >= 0.3 is 0 Å². The minimum absolute atomic E-state index is 0. The van der Waals surface area contributed by atoms with Crippen molar-refractivity contribution in [2.24, 2.45) is 5.73 Å². The van der Waals surface area contributed by atoms with Crippen molar-refractivity contribution in [3.05, 3.63) is 60.2 Å². The first-order chi connectivity index (χ1) is 11.2. The molecule has 3 N–H and O–H groups in total. The Morgan fingerprint density at radius 1 is 1.04 bits per heavy atom. The molecule has 1 aliphatic heterocycles. The van der Waals surface area contributed by atoms with Crippen molar-refractivity contribution in [1.82, 2.24) is 0 Å². The van der Waals surface area contributed by atoms with Gasteiger partial charge in [-0.05, 0) is 43.0 Å². The zero-order valence-corrected chi connectivity index (χ0v) is 15.7. The molecule has 1 amide bonds. The molecule has 1 unspecified atom stereocenters. The SMILES string of the molecule is Cl.Cl.NC(Cc1ccccc1)C(=O)Nc1cccc(N2CCCC2)c1. The molecule has 1 heterocycles. The Kier molecular flexibility index (Phi) is 8.76. The number of nitrogens with two attached hydrogens (primary N) is 1. The molecule has 0 bridgehead atoms. The van der Waals surface area contributed by atoms with Crippen LogP contribution in [0.1, 0.15) is 18.4 Å². The van der Waals surface area contributed by atoms with E-state index >= 15 is 0 Å². The van der Waals surface area contributed by atoms with Crippen molar-refractivity contribution in [3.8, 4) is 0 Å². The van der Waals surface area contributed by atoms with Crippen LogP contribution in [0.15, 0.2) is 54.6 Å². The van der Waals surface area contributed by atoms with Gasteiger partial charge in [-0.25, -0.2) is 0 Å². The zero-order chi connectivity index (χ0) is 16.1. The van der Waals surface area contributed by atoms with E-state index in [9.17, 15) is 4.79 Å². The maximum Gasteiger partial charge on any atom is 0.241 e. The van der Waals surface area contributed by atoms with Crippen LogP contribution in [-0.4, -0.2) is 25.0 Å². The molecule has 2 aromatic carbocycles. The predicted octanol–water partition coefficient (Wildman–Crippen LogP) is 3.64. The van der Waals surface area contributed by atoms with Crippen molar-refractivity contribution in [3.63, 3.8) is 0 Å². The number of benzene rings is 2. The van der Waals surface area contributed by atoms with Crippen LogP contribution in [0.3, 0.4) is 0 Å². The average molecular weight is 382 g/mol. The number of carbonyl (C=O) groups excluding carboxylic acids is 1. The number of anilines is 2. The molecule has 0 saturated carbocycles. The highest BCUT2D eigenvalue weighted by Gasteiger charge is 2.16. The van der Waals surface area contributed by atoms with Crippen molar-refractivity contribution < 1.29 is 4.79 Å². The average Bonchev–Trinajstić information content (AvgIpc) is 3.10. The van der Waals surface area contributed by atoms with Crippen LogP contribution in [0.2, 0.25) is 0 Å². The number of hydrogen-bond acceptors (Lipinski definition) is 3. The number of rotatable bonds is 5. The Labute approximate surface area is 161 Å². The molecule has 25 heavy (non-hydrogen) atoms. The number of halogens is 2. The molecule has 0 radical (unpaired) electrons. The maximum absolute atomic E-state index is 12.3. The van der Waals surface area contributed by atoms with Crippen LogP contribution in [0.5, 0.6) is 0 Å². The van der Waals surface area contributed by atoms with E-state index in [1.807, 2.05) is 48.5 Å². The summed E-state index contributed by atoms with van der Waals surface area (Å²) >= 11 is 0. The summed E-state index contributed by atoms with van der Waals surface area (Å²) in [5.74, 6) is -0.146. The van der Waals surface area contributed by atoms with Gasteiger partial charge in [0, 0.05) is 24.5 Å². The van der Waals surface area contributed by atoms with Crippen molar-refractivity contribution >= 4 is 42.1 Å². The molecule has 0 aliphatic carbocycles. The summed E-state index contributed by atoms with van der Waals surface area (Å²) in [6, 6.07) is 17.3. The van der Waals surface area contributed by atoms with Gasteiger partial charge in [0.1, 0.15) is 0 Å². The van der Waals surface area contributed by atoms with Crippen LogP contribution in [0.25, 0.3) is 0 Å². The van der Waals surface area contributed by atoms with Gasteiger partial charge in [0.15, 0.2) is 0 Å². The molecule has 4 nitrogen and oxygen atoms in total. The standard InChI is InChI=1S/C19H23N3O.2ClH/c20-18(13-15-7-2-1-3-8-15)19(23)21-16-9-6-10-17(14-16)22-11-4-5-12-22;;/h1-3,6-10,14,18H,4-5,11-13,20H2,(H,21,23);2*1H. The summed E-state index contributed by atoms with van der Waals surface area (Å²) in [7, 11) is 0. The molecule has 1 aliphatic rings. The fourth-order valence-electron chi connectivity index (χ4n) is 2.95. The summed E-state index contributed by atoms with van der Waals surface area (Å²) in [6.07, 6.45) is 3.01. The summed E-state index contributed by atoms with van der Waals surface area (Å²) in [5.41, 5.74) is 9.08. The Bertz CT molecular complexity index is 661. The monoisotopic (exact) mass is 381 g/mol. The van der Waals surface area contributed by atoms with Crippen LogP contribution in [0, 0.1) is 0 Å². The predicted molar refractivity (Wildman–Crippen MR) is 109 cm³/mol. The van der Waals surface area contributed by atoms with Gasteiger partial charge in [0.05, 0.1) is 6.04 Å². The number of carbonyl (C=O) groups is 1. The Balaban J connectivity index is 0.00000156. The molecule has 0 aromatic heterocycles. The van der Waals surface area contributed by atoms with Gasteiger partial charge in [0.25, 0.3) is 0 Å². The number of hydrogen-bond donors (Lipinski definition) is 2. The third-order valence-electron chi connectivity index (χ3n) is 4.22. The summed E-state index contributed by atoms with van der Waals surface area (Å²) in [6.45, 7) is 2.18. The third kappa shape index (κ3) is 5.92. The van der Waals surface area contributed by atoms with Crippen LogP contribution >= 0.6 is 24.8 Å². The van der Waals surface area contributed by atoms with E-state index in [0.29, 0.717) is 6.42 Å². The van der Waals surface area contributed by atoms with Gasteiger partial charge < -0.3 is 16.0 Å². The topological polar surface area (TPSA) is 58.4 Å². The van der Waals surface area contributed by atoms with Gasteiger partial charge in [0.2, 0.25) is 5.91 Å². The minimum Gasteiger partial charge on any atom is -0.371 e. The quantitative estimate of drug-likeness (QED) is 0.830. The molecule has 1 saturated heterocycles. The first-order valence-corrected chi connectivity index (χ1v) is 8.18. The molecule has 0 spiro atoms. The maximum atomic E-state index is 12.3. The second-order valence-electron chi connectivity index (χ2n) is 6.03. The lowest BCUT2D eigenvalue weighted by atomic mass is 10.1. The van der Waals surface area contributed by atoms with Crippen LogP contribution in [0.4, 0.5) is 11.4 Å². The van der Waals surface area contributed by atoms with Gasteiger partial charge in [-0.2, -0.15) is 0 Å². The van der Waals surface area contributed by atoms with E-state index in [2.05, 4.69) is 16.3 Å². The van der Waals surface area contributed by atoms with Gasteiger partial charge in [-0.3, -0.25) is 4.79 Å². The second kappa shape index (κ2) is 10.3. The summed E-state index contributed by atoms with van der Waals surface area (Å²) < 4.78 is 0. The number of amides is 1. The summed E-state index contributed by atoms with van der Waals surface area (Å²) in [4.78, 5) is 14.6. The fraction of sp³-hybridized carbons (Fsp3) is 0.316. The Hall–Kier alpha value is -1.75. The molecule has 1 fully saturated rings. The van der Waals surface area contributed by atoms with Crippen molar-refractivity contribution in [2.75, 3.05) is 23.3 Å². The third-order valence-corrected chi connectivity index (χ3v) is 4.22. The highest BCUT2D eigenvalue weighted by molar-refractivity contribution is 5.95. The number of nitrogens with one attached hydrogen (secondary N) is 1. The Morgan fingerprint density at radius 2 is 1.72 bits per heavy atom. The molecule has 1 atom stereocenters. The van der Waals surface area contributed by atoms with Gasteiger partial charge in [-0.15, -0.1) is 24.8 Å². The number of nitrogens with zero attached hydrogens (tertiary/aromatic N) is 1. The fourth-order valence-corrected chi connectivity index (χ4v) is 2.95. The molecule has 6 heteroatoms.